The molecule has 0 saturated carbocycles. The summed E-state index contributed by atoms with van der Waals surface area (Å²) in [5.41, 5.74) is 9.76. The van der Waals surface area contributed by atoms with Crippen LogP contribution in [0.2, 0.25) is 0 Å². The Morgan fingerprint density at radius 1 is 1.12 bits per heavy atom. The van der Waals surface area contributed by atoms with Crippen molar-refractivity contribution in [3.8, 4) is 5.75 Å². The minimum Gasteiger partial charge on any atom is -0.508 e. The summed E-state index contributed by atoms with van der Waals surface area (Å²) in [4.78, 5) is 23.6. The summed E-state index contributed by atoms with van der Waals surface area (Å²) < 4.78 is 0. The highest BCUT2D eigenvalue weighted by Gasteiger charge is 2.36. The number of nitrogens with two attached hydrogens (primary N) is 1. The van der Waals surface area contributed by atoms with Crippen molar-refractivity contribution in [2.75, 3.05) is 5.73 Å². The first-order valence-electron chi connectivity index (χ1n) is 8.31. The molecule has 2 unspecified atom stereocenters. The van der Waals surface area contributed by atoms with Gasteiger partial charge in [0.15, 0.2) is 5.78 Å². The molecule has 0 radical (unpaired) electrons. The van der Waals surface area contributed by atoms with Gasteiger partial charge in [-0.2, -0.15) is 0 Å². The lowest BCUT2D eigenvalue weighted by atomic mass is 9.67. The van der Waals surface area contributed by atoms with Crippen LogP contribution in [0, 0.1) is 5.92 Å². The molecule has 5 heteroatoms. The van der Waals surface area contributed by atoms with Crippen LogP contribution in [0.4, 0.5) is 5.69 Å². The number of carbonyl (C=O) groups is 2. The van der Waals surface area contributed by atoms with Crippen molar-refractivity contribution in [3.63, 3.8) is 0 Å². The number of aromatic hydroxyl groups is 1. The Balaban J connectivity index is 1.97. The number of phenols is 1. The maximum absolute atomic E-state index is 11.8. The Labute approximate surface area is 150 Å². The van der Waals surface area contributed by atoms with Gasteiger partial charge in [-0.3, -0.25) is 4.79 Å². The first kappa shape index (κ1) is 16.1. The van der Waals surface area contributed by atoms with Gasteiger partial charge in [0.05, 0.1) is 5.56 Å². The van der Waals surface area contributed by atoms with E-state index >= 15 is 0 Å². The van der Waals surface area contributed by atoms with E-state index in [0.29, 0.717) is 17.7 Å². The van der Waals surface area contributed by atoms with Gasteiger partial charge < -0.3 is 15.9 Å². The van der Waals surface area contributed by atoms with Crippen LogP contribution in [0.3, 0.4) is 0 Å². The Morgan fingerprint density at radius 3 is 2.65 bits per heavy atom. The van der Waals surface area contributed by atoms with Crippen molar-refractivity contribution in [1.82, 2.24) is 0 Å². The number of rotatable bonds is 2. The van der Waals surface area contributed by atoms with E-state index in [1.807, 2.05) is 12.1 Å². The third-order valence-corrected chi connectivity index (χ3v) is 5.08. The minimum atomic E-state index is -1.04. The largest absolute Gasteiger partial charge is 0.508 e. The van der Waals surface area contributed by atoms with Crippen molar-refractivity contribution in [1.29, 1.82) is 0 Å². The summed E-state index contributed by atoms with van der Waals surface area (Å²) in [7, 11) is 0. The topological polar surface area (TPSA) is 101 Å². The fraction of sp³-hybridized carbons (Fsp3) is 0.143. The molecule has 2 aromatic rings. The second-order valence-corrected chi connectivity index (χ2v) is 6.70. The first-order valence-corrected chi connectivity index (χ1v) is 8.31. The molecule has 2 aliphatic carbocycles. The highest BCUT2D eigenvalue weighted by atomic mass is 16.4. The number of allylic oxidation sites excluding steroid dienone is 4. The van der Waals surface area contributed by atoms with Crippen LogP contribution in [0.25, 0.3) is 0 Å². The van der Waals surface area contributed by atoms with Crippen molar-refractivity contribution in [3.05, 3.63) is 82.5 Å². The second-order valence-electron chi connectivity index (χ2n) is 6.70. The zero-order chi connectivity index (χ0) is 18.4. The van der Waals surface area contributed by atoms with E-state index in [0.717, 1.165) is 16.7 Å². The molecule has 4 rings (SSSR count). The molecular weight excluding hydrogens is 330 g/mol. The summed E-state index contributed by atoms with van der Waals surface area (Å²) in [6, 6.07) is 10.0. The van der Waals surface area contributed by atoms with Crippen LogP contribution in [0.15, 0.2) is 60.2 Å². The molecule has 26 heavy (non-hydrogen) atoms. The van der Waals surface area contributed by atoms with Crippen molar-refractivity contribution < 1.29 is 19.8 Å². The molecular formula is C21H17NO4. The van der Waals surface area contributed by atoms with Crippen LogP contribution < -0.4 is 5.73 Å². The number of benzene rings is 2. The lowest BCUT2D eigenvalue weighted by Crippen LogP contribution is -2.26. The monoisotopic (exact) mass is 347 g/mol. The van der Waals surface area contributed by atoms with E-state index in [-0.39, 0.29) is 28.9 Å². The molecule has 0 spiro atoms. The average molecular weight is 347 g/mol. The Bertz CT molecular complexity index is 1000. The maximum atomic E-state index is 11.8. The number of hydrogen-bond donors (Lipinski definition) is 3. The van der Waals surface area contributed by atoms with Gasteiger partial charge in [-0.05, 0) is 59.5 Å². The first-order chi connectivity index (χ1) is 12.4. The van der Waals surface area contributed by atoms with Gasteiger partial charge in [-0.1, -0.05) is 23.8 Å². The molecule has 5 nitrogen and oxygen atoms in total. The molecule has 0 aliphatic heterocycles. The number of hydrogen-bond acceptors (Lipinski definition) is 4. The average Bonchev–Trinajstić information content (AvgIpc) is 2.59. The minimum absolute atomic E-state index is 0.0747. The fourth-order valence-corrected chi connectivity index (χ4v) is 4.00. The van der Waals surface area contributed by atoms with Crippen molar-refractivity contribution in [2.45, 2.75) is 12.3 Å². The van der Waals surface area contributed by atoms with Gasteiger partial charge in [0.2, 0.25) is 0 Å². The number of phenolic OH excluding ortho intramolecular Hbond substituents is 1. The number of carboxylic acids is 1. The Hall–Kier alpha value is -3.34. The zero-order valence-electron chi connectivity index (χ0n) is 13.8. The Morgan fingerprint density at radius 2 is 1.88 bits per heavy atom. The summed E-state index contributed by atoms with van der Waals surface area (Å²) in [6.45, 7) is 0. The molecule has 0 bridgehead atoms. The summed E-state index contributed by atoms with van der Waals surface area (Å²) >= 11 is 0. The number of fused-ring (bicyclic) bond motifs is 2. The molecule has 2 aliphatic rings. The number of nitrogen functional groups attached to an aromatic ring is 1. The molecule has 0 heterocycles. The molecule has 130 valence electrons. The molecule has 0 saturated heterocycles. The Kier molecular flexibility index (Phi) is 3.65. The highest BCUT2D eigenvalue weighted by molar-refractivity contribution is 6.01. The van der Waals surface area contributed by atoms with Gasteiger partial charge >= 0.3 is 5.97 Å². The predicted molar refractivity (Wildman–Crippen MR) is 97.2 cm³/mol. The quantitative estimate of drug-likeness (QED) is 0.725. The second kappa shape index (κ2) is 5.88. The predicted octanol–water partition coefficient (Wildman–Crippen LogP) is 3.04. The number of anilines is 1. The summed E-state index contributed by atoms with van der Waals surface area (Å²) in [6.07, 6.45) is 5.55. The van der Waals surface area contributed by atoms with Gasteiger partial charge in [-0.15, -0.1) is 0 Å². The third kappa shape index (κ3) is 2.58. The molecule has 4 N–H and O–H groups in total. The number of carboxylic acid groups (broad SMARTS) is 1. The summed E-state index contributed by atoms with van der Waals surface area (Å²) in [5, 5.41) is 19.5. The smallest absolute Gasteiger partial charge is 0.336 e. The van der Waals surface area contributed by atoms with Crippen molar-refractivity contribution in [2.24, 2.45) is 5.92 Å². The van der Waals surface area contributed by atoms with Gasteiger partial charge in [0.1, 0.15) is 5.75 Å². The highest BCUT2D eigenvalue weighted by Crippen LogP contribution is 2.47. The van der Waals surface area contributed by atoms with E-state index in [2.05, 4.69) is 0 Å². The lowest BCUT2D eigenvalue weighted by molar-refractivity contribution is -0.110. The van der Waals surface area contributed by atoms with E-state index in [4.69, 9.17) is 5.73 Å². The SMILES string of the molecule is Nc1ccc(C2c3ccc(O)cc3CC3=CC(=O)C=CC32)c(C(=O)O)c1. The molecule has 0 fully saturated rings. The third-order valence-electron chi connectivity index (χ3n) is 5.08. The summed E-state index contributed by atoms with van der Waals surface area (Å²) in [5.74, 6) is -1.34. The van der Waals surface area contributed by atoms with E-state index in [1.165, 1.54) is 12.1 Å². The van der Waals surface area contributed by atoms with E-state index < -0.39 is 5.97 Å². The van der Waals surface area contributed by atoms with Crippen LogP contribution in [-0.4, -0.2) is 22.0 Å². The zero-order valence-corrected chi connectivity index (χ0v) is 13.8. The van der Waals surface area contributed by atoms with Gasteiger partial charge in [0, 0.05) is 17.5 Å². The van der Waals surface area contributed by atoms with Crippen molar-refractivity contribution >= 4 is 17.4 Å². The van der Waals surface area contributed by atoms with Crippen LogP contribution in [0.5, 0.6) is 5.75 Å². The molecule has 2 atom stereocenters. The number of carbonyl (C=O) groups excluding carboxylic acids is 1. The number of aromatic carboxylic acids is 1. The van der Waals surface area contributed by atoms with Gasteiger partial charge in [0.25, 0.3) is 0 Å². The van der Waals surface area contributed by atoms with Crippen LogP contribution >= 0.6 is 0 Å². The normalized spacial score (nSPS) is 20.9. The standard InChI is InChI=1S/C21H17NO4/c22-13-1-4-18(19(10-13)21(25)26)20-16-5-2-14(23)8-11(16)7-12-9-15(24)3-6-17(12)20/h1-6,8-10,16,20,24H,7,22H2,(H,25,26). The van der Waals surface area contributed by atoms with E-state index in [1.54, 1.807) is 30.3 Å². The van der Waals surface area contributed by atoms with Crippen LogP contribution in [0.1, 0.15) is 33.0 Å². The van der Waals surface area contributed by atoms with E-state index in [9.17, 15) is 19.8 Å². The lowest BCUT2D eigenvalue weighted by Gasteiger charge is -2.36. The van der Waals surface area contributed by atoms with Crippen LogP contribution in [-0.2, 0) is 11.2 Å². The fourth-order valence-electron chi connectivity index (χ4n) is 4.00. The molecule has 0 amide bonds. The number of ketones is 1. The van der Waals surface area contributed by atoms with Gasteiger partial charge in [-0.25, -0.2) is 4.79 Å². The molecule has 0 aromatic heterocycles. The maximum Gasteiger partial charge on any atom is 0.336 e. The molecule has 2 aromatic carbocycles.